The Morgan fingerprint density at radius 3 is 2.37 bits per heavy atom. The molecule has 0 atom stereocenters. The minimum Gasteiger partial charge on any atom is -0.488 e. The summed E-state index contributed by atoms with van der Waals surface area (Å²) in [5.74, 6) is -1.02. The molecular weight excluding hydrogens is 378 g/mol. The molecule has 152 valence electrons. The highest BCUT2D eigenvalue weighted by Gasteiger charge is 2.13. The molecule has 3 rings (SSSR count). The van der Waals surface area contributed by atoms with Gasteiger partial charge in [0, 0.05) is 11.3 Å². The van der Waals surface area contributed by atoms with E-state index in [9.17, 15) is 9.59 Å². The highest BCUT2D eigenvalue weighted by atomic mass is 16.5. The molecule has 0 spiro atoms. The van der Waals surface area contributed by atoms with Crippen molar-refractivity contribution in [1.82, 2.24) is 5.43 Å². The van der Waals surface area contributed by atoms with Crippen molar-refractivity contribution in [3.63, 3.8) is 0 Å². The molecule has 0 saturated heterocycles. The lowest BCUT2D eigenvalue weighted by Crippen LogP contribution is -2.32. The van der Waals surface area contributed by atoms with Crippen LogP contribution in [0.25, 0.3) is 0 Å². The molecule has 0 unspecified atom stereocenters. The maximum absolute atomic E-state index is 12.0. The van der Waals surface area contributed by atoms with Crippen LogP contribution < -0.4 is 15.5 Å². The predicted octanol–water partition coefficient (Wildman–Crippen LogP) is 3.97. The first-order valence-corrected chi connectivity index (χ1v) is 9.50. The number of hydrogen-bond donors (Lipinski definition) is 2. The molecule has 6 nitrogen and oxygen atoms in total. The van der Waals surface area contributed by atoms with Crippen molar-refractivity contribution in [2.24, 2.45) is 5.10 Å². The van der Waals surface area contributed by atoms with Gasteiger partial charge in [-0.25, -0.2) is 5.43 Å². The molecule has 0 aromatic heterocycles. The number of ether oxygens (including phenoxy) is 1. The molecule has 2 amide bonds. The average Bonchev–Trinajstić information content (AvgIpc) is 2.75. The molecule has 0 radical (unpaired) electrons. The van der Waals surface area contributed by atoms with Crippen LogP contribution in [0.15, 0.2) is 77.9 Å². The highest BCUT2D eigenvalue weighted by Crippen LogP contribution is 2.18. The first-order chi connectivity index (χ1) is 14.5. The van der Waals surface area contributed by atoms with Crippen LogP contribution in [-0.2, 0) is 16.2 Å². The summed E-state index contributed by atoms with van der Waals surface area (Å²) in [6, 6.07) is 22.6. The smallest absolute Gasteiger partial charge is 0.329 e. The second-order valence-electron chi connectivity index (χ2n) is 6.78. The van der Waals surface area contributed by atoms with E-state index >= 15 is 0 Å². The Hall–Kier alpha value is -3.93. The van der Waals surface area contributed by atoms with Gasteiger partial charge in [-0.3, -0.25) is 9.59 Å². The molecule has 2 N–H and O–H groups in total. The third kappa shape index (κ3) is 5.78. The van der Waals surface area contributed by atoms with E-state index < -0.39 is 11.8 Å². The summed E-state index contributed by atoms with van der Waals surface area (Å²) in [7, 11) is 0. The van der Waals surface area contributed by atoms with Gasteiger partial charge in [-0.1, -0.05) is 60.2 Å². The minimum atomic E-state index is -0.854. The maximum Gasteiger partial charge on any atom is 0.329 e. The lowest BCUT2D eigenvalue weighted by molar-refractivity contribution is -0.136. The zero-order chi connectivity index (χ0) is 21.3. The summed E-state index contributed by atoms with van der Waals surface area (Å²) in [5, 5.41) is 6.45. The Morgan fingerprint density at radius 2 is 1.60 bits per heavy atom. The molecule has 0 bridgehead atoms. The van der Waals surface area contributed by atoms with Gasteiger partial charge in [-0.05, 0) is 43.2 Å². The maximum atomic E-state index is 12.0. The lowest BCUT2D eigenvalue weighted by atomic mass is 10.1. The molecule has 0 saturated carbocycles. The van der Waals surface area contributed by atoms with Gasteiger partial charge in [0.15, 0.2) is 0 Å². The van der Waals surface area contributed by atoms with E-state index in [1.54, 1.807) is 12.1 Å². The molecule has 3 aromatic carbocycles. The van der Waals surface area contributed by atoms with E-state index in [-0.39, 0.29) is 0 Å². The number of carbonyl (C=O) groups excluding carboxylic acids is 2. The molecular formula is C24H23N3O3. The third-order valence-electron chi connectivity index (χ3n) is 4.40. The molecule has 6 heteroatoms. The summed E-state index contributed by atoms with van der Waals surface area (Å²) in [6.45, 7) is 4.29. The number of hydrazone groups is 1. The number of hydrogen-bond acceptors (Lipinski definition) is 4. The van der Waals surface area contributed by atoms with Gasteiger partial charge in [0.2, 0.25) is 0 Å². The van der Waals surface area contributed by atoms with E-state index in [1.165, 1.54) is 11.8 Å². The van der Waals surface area contributed by atoms with Gasteiger partial charge >= 0.3 is 11.8 Å². The molecule has 0 aliphatic rings. The number of carbonyl (C=O) groups is 2. The SMILES string of the molecule is Cc1ccc(COc2ccccc2/C=N\NC(=O)C(=O)Nc2ccccc2C)cc1. The number of nitrogens with one attached hydrogen (secondary N) is 2. The molecule has 0 aliphatic heterocycles. The number of rotatable bonds is 6. The number of benzene rings is 3. The van der Waals surface area contributed by atoms with Crippen molar-refractivity contribution in [3.05, 3.63) is 95.1 Å². The zero-order valence-electron chi connectivity index (χ0n) is 16.9. The molecule has 0 fully saturated rings. The first kappa shape index (κ1) is 20.8. The second kappa shape index (κ2) is 10.0. The molecule has 30 heavy (non-hydrogen) atoms. The van der Waals surface area contributed by atoms with Crippen LogP contribution in [-0.4, -0.2) is 18.0 Å². The van der Waals surface area contributed by atoms with Crippen LogP contribution in [0.2, 0.25) is 0 Å². The molecule has 3 aromatic rings. The largest absolute Gasteiger partial charge is 0.488 e. The van der Waals surface area contributed by atoms with Gasteiger partial charge in [0.1, 0.15) is 12.4 Å². The van der Waals surface area contributed by atoms with E-state index in [1.807, 2.05) is 74.5 Å². The average molecular weight is 401 g/mol. The highest BCUT2D eigenvalue weighted by molar-refractivity contribution is 6.39. The number of anilines is 1. The standard InChI is InChI=1S/C24H23N3O3/c1-17-11-13-19(14-12-17)16-30-22-10-6-4-8-20(22)15-25-27-24(29)23(28)26-21-9-5-3-7-18(21)2/h3-15H,16H2,1-2H3,(H,26,28)(H,27,29)/b25-15-. The molecule has 0 heterocycles. The van der Waals surface area contributed by atoms with Gasteiger partial charge in [-0.2, -0.15) is 5.10 Å². The lowest BCUT2D eigenvalue weighted by Gasteiger charge is -2.09. The summed E-state index contributed by atoms with van der Waals surface area (Å²) < 4.78 is 5.88. The van der Waals surface area contributed by atoms with E-state index in [0.29, 0.717) is 23.6 Å². The Bertz CT molecular complexity index is 1060. The van der Waals surface area contributed by atoms with E-state index in [0.717, 1.165) is 11.1 Å². The van der Waals surface area contributed by atoms with Crippen molar-refractivity contribution < 1.29 is 14.3 Å². The topological polar surface area (TPSA) is 79.8 Å². The zero-order valence-corrected chi connectivity index (χ0v) is 16.9. The van der Waals surface area contributed by atoms with Gasteiger partial charge in [-0.15, -0.1) is 0 Å². The summed E-state index contributed by atoms with van der Waals surface area (Å²) >= 11 is 0. The number of aryl methyl sites for hydroxylation is 2. The van der Waals surface area contributed by atoms with E-state index in [4.69, 9.17) is 4.74 Å². The van der Waals surface area contributed by atoms with Gasteiger partial charge in [0.05, 0.1) is 6.21 Å². The van der Waals surface area contributed by atoms with Crippen LogP contribution in [0.5, 0.6) is 5.75 Å². The molecule has 0 aliphatic carbocycles. The quantitative estimate of drug-likeness (QED) is 0.373. The monoisotopic (exact) mass is 401 g/mol. The van der Waals surface area contributed by atoms with Crippen molar-refractivity contribution in [1.29, 1.82) is 0 Å². The Kier molecular flexibility index (Phi) is 6.95. The second-order valence-corrected chi connectivity index (χ2v) is 6.78. The van der Waals surface area contributed by atoms with Crippen LogP contribution in [0.1, 0.15) is 22.3 Å². The summed E-state index contributed by atoms with van der Waals surface area (Å²) in [4.78, 5) is 24.0. The Morgan fingerprint density at radius 1 is 0.900 bits per heavy atom. The van der Waals surface area contributed by atoms with Crippen molar-refractivity contribution >= 4 is 23.7 Å². The van der Waals surface area contributed by atoms with Crippen molar-refractivity contribution in [2.75, 3.05) is 5.32 Å². The Labute approximate surface area is 175 Å². The van der Waals surface area contributed by atoms with Crippen LogP contribution in [0.4, 0.5) is 5.69 Å². The fourth-order valence-electron chi connectivity index (χ4n) is 2.67. The van der Waals surface area contributed by atoms with Crippen molar-refractivity contribution in [3.8, 4) is 5.75 Å². The van der Waals surface area contributed by atoms with Crippen LogP contribution >= 0.6 is 0 Å². The van der Waals surface area contributed by atoms with Crippen LogP contribution in [0.3, 0.4) is 0 Å². The fourth-order valence-corrected chi connectivity index (χ4v) is 2.67. The Balaban J connectivity index is 1.58. The van der Waals surface area contributed by atoms with Crippen LogP contribution in [0, 0.1) is 13.8 Å². The van der Waals surface area contributed by atoms with Crippen molar-refractivity contribution in [2.45, 2.75) is 20.5 Å². The first-order valence-electron chi connectivity index (χ1n) is 9.50. The predicted molar refractivity (Wildman–Crippen MR) is 117 cm³/mol. The number of amides is 2. The minimum absolute atomic E-state index is 0.413. The van der Waals surface area contributed by atoms with Gasteiger partial charge in [0.25, 0.3) is 0 Å². The van der Waals surface area contributed by atoms with Gasteiger partial charge < -0.3 is 10.1 Å². The third-order valence-corrected chi connectivity index (χ3v) is 4.40. The normalized spacial score (nSPS) is 10.6. The number of para-hydroxylation sites is 2. The summed E-state index contributed by atoms with van der Waals surface area (Å²) in [6.07, 6.45) is 1.45. The fraction of sp³-hybridized carbons (Fsp3) is 0.125. The van der Waals surface area contributed by atoms with E-state index in [2.05, 4.69) is 15.8 Å². The summed E-state index contributed by atoms with van der Waals surface area (Å²) in [5.41, 5.74) is 6.61. The number of nitrogens with zero attached hydrogens (tertiary/aromatic N) is 1.